The molecule has 2 aromatic rings. The standard InChI is InChI=1S/C20H22N2O4S/c1-4-13(3)21-11-14(15-8-6-7-9-16(15)21)10-17-19(24)22(20(25)27-17)12-18(23)26-5-2/h6-11,13H,4-5,12H2,1-3H3/b17-10+/t13-/m1/s1. The van der Waals surface area contributed by atoms with Crippen LogP contribution in [0.15, 0.2) is 35.4 Å². The summed E-state index contributed by atoms with van der Waals surface area (Å²) < 4.78 is 7.02. The number of nitrogens with zero attached hydrogens (tertiary/aromatic N) is 2. The van der Waals surface area contributed by atoms with Gasteiger partial charge in [0.2, 0.25) is 0 Å². The number of para-hydroxylation sites is 1. The van der Waals surface area contributed by atoms with E-state index in [0.717, 1.165) is 39.5 Å². The van der Waals surface area contributed by atoms with Gasteiger partial charge in [0.05, 0.1) is 11.5 Å². The summed E-state index contributed by atoms with van der Waals surface area (Å²) in [6, 6.07) is 8.30. The third kappa shape index (κ3) is 3.78. The molecule has 0 bridgehead atoms. The van der Waals surface area contributed by atoms with Crippen molar-refractivity contribution in [3.05, 3.63) is 40.9 Å². The molecule has 1 fully saturated rings. The predicted molar refractivity (Wildman–Crippen MR) is 106 cm³/mol. The van der Waals surface area contributed by atoms with Crippen molar-refractivity contribution >= 4 is 45.9 Å². The first-order valence-electron chi connectivity index (χ1n) is 8.96. The fraction of sp³-hybridized carbons (Fsp3) is 0.350. The predicted octanol–water partition coefficient (Wildman–Crippen LogP) is 4.21. The summed E-state index contributed by atoms with van der Waals surface area (Å²) in [5.41, 5.74) is 1.97. The molecule has 0 radical (unpaired) electrons. The Morgan fingerprint density at radius 1 is 1.26 bits per heavy atom. The van der Waals surface area contributed by atoms with Crippen molar-refractivity contribution in [2.75, 3.05) is 13.2 Å². The van der Waals surface area contributed by atoms with Gasteiger partial charge in [0.15, 0.2) is 0 Å². The molecule has 1 aromatic carbocycles. The number of aromatic nitrogens is 1. The van der Waals surface area contributed by atoms with Gasteiger partial charge in [0.25, 0.3) is 11.1 Å². The van der Waals surface area contributed by atoms with Crippen molar-refractivity contribution in [2.45, 2.75) is 33.2 Å². The maximum atomic E-state index is 12.6. The van der Waals surface area contributed by atoms with Gasteiger partial charge in [-0.2, -0.15) is 0 Å². The fourth-order valence-corrected chi connectivity index (χ4v) is 3.85. The maximum absolute atomic E-state index is 12.6. The number of ether oxygens (including phenoxy) is 1. The highest BCUT2D eigenvalue weighted by Gasteiger charge is 2.36. The Labute approximate surface area is 162 Å². The van der Waals surface area contributed by atoms with Crippen LogP contribution in [-0.2, 0) is 14.3 Å². The second-order valence-electron chi connectivity index (χ2n) is 6.34. The molecular formula is C20H22N2O4S. The summed E-state index contributed by atoms with van der Waals surface area (Å²) in [6.07, 6.45) is 4.73. The van der Waals surface area contributed by atoms with Crippen LogP contribution in [0.5, 0.6) is 0 Å². The first-order chi connectivity index (χ1) is 13.0. The van der Waals surface area contributed by atoms with E-state index in [4.69, 9.17) is 4.74 Å². The number of hydrogen-bond acceptors (Lipinski definition) is 5. The van der Waals surface area contributed by atoms with E-state index in [2.05, 4.69) is 18.4 Å². The third-order valence-electron chi connectivity index (χ3n) is 4.59. The van der Waals surface area contributed by atoms with Crippen LogP contribution in [0.2, 0.25) is 0 Å². The molecule has 1 aromatic heterocycles. The highest BCUT2D eigenvalue weighted by molar-refractivity contribution is 8.18. The van der Waals surface area contributed by atoms with E-state index < -0.39 is 17.1 Å². The number of imide groups is 1. The van der Waals surface area contributed by atoms with Gasteiger partial charge in [-0.15, -0.1) is 0 Å². The molecule has 27 heavy (non-hydrogen) atoms. The molecule has 0 spiro atoms. The molecule has 1 aliphatic heterocycles. The molecule has 1 aliphatic rings. The smallest absolute Gasteiger partial charge is 0.326 e. The number of fused-ring (bicyclic) bond motifs is 1. The van der Waals surface area contributed by atoms with Crippen LogP contribution in [-0.4, -0.2) is 39.7 Å². The monoisotopic (exact) mass is 386 g/mol. The topological polar surface area (TPSA) is 68.6 Å². The van der Waals surface area contributed by atoms with Gasteiger partial charge in [-0.25, -0.2) is 0 Å². The van der Waals surface area contributed by atoms with Crippen LogP contribution < -0.4 is 0 Å². The summed E-state index contributed by atoms with van der Waals surface area (Å²) in [6.45, 7) is 5.80. The summed E-state index contributed by atoms with van der Waals surface area (Å²) in [7, 11) is 0. The largest absolute Gasteiger partial charge is 0.465 e. The van der Waals surface area contributed by atoms with Crippen LogP contribution in [0, 0.1) is 0 Å². The molecule has 1 atom stereocenters. The zero-order chi connectivity index (χ0) is 19.6. The van der Waals surface area contributed by atoms with E-state index in [-0.39, 0.29) is 13.2 Å². The molecule has 1 saturated heterocycles. The lowest BCUT2D eigenvalue weighted by Crippen LogP contribution is -2.34. The van der Waals surface area contributed by atoms with E-state index in [1.54, 1.807) is 13.0 Å². The van der Waals surface area contributed by atoms with Crippen molar-refractivity contribution in [1.82, 2.24) is 9.47 Å². The number of hydrogen-bond donors (Lipinski definition) is 0. The van der Waals surface area contributed by atoms with Gasteiger partial charge in [-0.05, 0) is 44.2 Å². The SMILES string of the molecule is CCOC(=O)CN1C(=O)S/C(=C/c2cn([C@H](C)CC)c3ccccc23)C1=O. The highest BCUT2D eigenvalue weighted by atomic mass is 32.2. The lowest BCUT2D eigenvalue weighted by atomic mass is 10.1. The maximum Gasteiger partial charge on any atom is 0.326 e. The van der Waals surface area contributed by atoms with Gasteiger partial charge < -0.3 is 9.30 Å². The van der Waals surface area contributed by atoms with Crippen LogP contribution in [0.3, 0.4) is 0 Å². The fourth-order valence-electron chi connectivity index (χ4n) is 3.02. The second kappa shape index (κ2) is 8.00. The lowest BCUT2D eigenvalue weighted by molar-refractivity contribution is -0.145. The van der Waals surface area contributed by atoms with E-state index in [1.807, 2.05) is 30.5 Å². The Balaban J connectivity index is 1.94. The molecule has 142 valence electrons. The minimum Gasteiger partial charge on any atom is -0.465 e. The normalized spacial score (nSPS) is 17.1. The van der Waals surface area contributed by atoms with E-state index in [0.29, 0.717) is 10.9 Å². The number of benzene rings is 1. The Kier molecular flexibility index (Phi) is 5.70. The summed E-state index contributed by atoms with van der Waals surface area (Å²) in [5.74, 6) is -1.05. The minimum atomic E-state index is -0.588. The van der Waals surface area contributed by atoms with Crippen molar-refractivity contribution in [1.29, 1.82) is 0 Å². The molecule has 2 amide bonds. The summed E-state index contributed by atoms with van der Waals surface area (Å²) in [5, 5.41) is 0.569. The van der Waals surface area contributed by atoms with Crippen LogP contribution >= 0.6 is 11.8 Å². The first-order valence-corrected chi connectivity index (χ1v) is 9.78. The molecule has 7 heteroatoms. The quantitative estimate of drug-likeness (QED) is 0.549. The van der Waals surface area contributed by atoms with Crippen molar-refractivity contribution in [3.63, 3.8) is 0 Å². The average molecular weight is 386 g/mol. The summed E-state index contributed by atoms with van der Waals surface area (Å²) >= 11 is 0.850. The first kappa shape index (κ1) is 19.2. The molecular weight excluding hydrogens is 364 g/mol. The van der Waals surface area contributed by atoms with Gasteiger partial charge in [-0.3, -0.25) is 19.3 Å². The third-order valence-corrected chi connectivity index (χ3v) is 5.50. The number of thioether (sulfide) groups is 1. The Hall–Kier alpha value is -2.54. The van der Waals surface area contributed by atoms with E-state index in [9.17, 15) is 14.4 Å². The van der Waals surface area contributed by atoms with Gasteiger partial charge in [0, 0.05) is 28.7 Å². The zero-order valence-corrected chi connectivity index (χ0v) is 16.4. The van der Waals surface area contributed by atoms with Gasteiger partial charge in [0.1, 0.15) is 6.54 Å². The Morgan fingerprint density at radius 2 is 2.00 bits per heavy atom. The molecule has 6 nitrogen and oxygen atoms in total. The lowest BCUT2D eigenvalue weighted by Gasteiger charge is -2.12. The zero-order valence-electron chi connectivity index (χ0n) is 15.6. The number of esters is 1. The Morgan fingerprint density at radius 3 is 2.70 bits per heavy atom. The number of amides is 2. The molecule has 0 unspecified atom stereocenters. The number of carbonyl (C=O) groups excluding carboxylic acids is 3. The van der Waals surface area contributed by atoms with Gasteiger partial charge >= 0.3 is 5.97 Å². The summed E-state index contributed by atoms with van der Waals surface area (Å²) in [4.78, 5) is 37.6. The molecule has 2 heterocycles. The Bertz CT molecular complexity index is 931. The van der Waals surface area contributed by atoms with Crippen LogP contribution in [0.1, 0.15) is 38.8 Å². The molecule has 0 aliphatic carbocycles. The van der Waals surface area contributed by atoms with Crippen LogP contribution in [0.4, 0.5) is 4.79 Å². The number of carbonyl (C=O) groups is 3. The minimum absolute atomic E-state index is 0.208. The molecule has 0 N–H and O–H groups in total. The highest BCUT2D eigenvalue weighted by Crippen LogP contribution is 2.34. The van der Waals surface area contributed by atoms with Crippen LogP contribution in [0.25, 0.3) is 17.0 Å². The van der Waals surface area contributed by atoms with Crippen molar-refractivity contribution in [2.24, 2.45) is 0 Å². The average Bonchev–Trinajstić information content (AvgIpc) is 3.15. The van der Waals surface area contributed by atoms with E-state index >= 15 is 0 Å². The van der Waals surface area contributed by atoms with Crippen molar-refractivity contribution in [3.8, 4) is 0 Å². The molecule has 0 saturated carbocycles. The second-order valence-corrected chi connectivity index (χ2v) is 7.33. The van der Waals surface area contributed by atoms with Gasteiger partial charge in [-0.1, -0.05) is 25.1 Å². The number of rotatable bonds is 6. The molecule has 3 rings (SSSR count). The van der Waals surface area contributed by atoms with Crippen molar-refractivity contribution < 1.29 is 19.1 Å². The van der Waals surface area contributed by atoms with E-state index in [1.165, 1.54) is 0 Å².